The SMILES string of the molecule is O=[N+]([O-])c1ccc(N2CCN([C@@H](c3ccc(F)cc3)c3nnnn3C3CCCCC3)CC2)cc1. The molecule has 1 atom stereocenters. The Bertz CT molecular complexity index is 1110. The molecule has 0 amide bonds. The molecule has 0 radical (unpaired) electrons. The molecule has 2 fully saturated rings. The Labute approximate surface area is 197 Å². The van der Waals surface area contributed by atoms with Crippen LogP contribution in [0, 0.1) is 15.9 Å². The summed E-state index contributed by atoms with van der Waals surface area (Å²) < 4.78 is 15.7. The number of hydrogen-bond acceptors (Lipinski definition) is 7. The van der Waals surface area contributed by atoms with Crippen molar-refractivity contribution in [2.75, 3.05) is 31.1 Å². The molecular weight excluding hydrogens is 437 g/mol. The fraction of sp³-hybridized carbons (Fsp3) is 0.458. The van der Waals surface area contributed by atoms with E-state index in [-0.39, 0.29) is 22.5 Å². The van der Waals surface area contributed by atoms with Crippen LogP contribution in [0.4, 0.5) is 15.8 Å². The van der Waals surface area contributed by atoms with Gasteiger partial charge in [-0.3, -0.25) is 15.0 Å². The molecule has 2 heterocycles. The maximum atomic E-state index is 13.7. The minimum Gasteiger partial charge on any atom is -0.369 e. The van der Waals surface area contributed by atoms with Gasteiger partial charge >= 0.3 is 0 Å². The molecule has 1 aliphatic carbocycles. The predicted octanol–water partition coefficient (Wildman–Crippen LogP) is 4.14. The number of non-ortho nitro benzene ring substituents is 1. The molecule has 9 nitrogen and oxygen atoms in total. The van der Waals surface area contributed by atoms with Gasteiger partial charge in [-0.05, 0) is 53.1 Å². The van der Waals surface area contributed by atoms with Crippen LogP contribution < -0.4 is 4.90 Å². The van der Waals surface area contributed by atoms with Crippen LogP contribution in [-0.4, -0.2) is 56.2 Å². The summed E-state index contributed by atoms with van der Waals surface area (Å²) in [5, 5.41) is 23.8. The van der Waals surface area contributed by atoms with E-state index < -0.39 is 0 Å². The smallest absolute Gasteiger partial charge is 0.269 e. The topological polar surface area (TPSA) is 93.2 Å². The van der Waals surface area contributed by atoms with Gasteiger partial charge < -0.3 is 4.90 Å². The minimum absolute atomic E-state index is 0.0910. The third kappa shape index (κ3) is 4.63. The number of benzene rings is 2. The van der Waals surface area contributed by atoms with Crippen molar-refractivity contribution in [3.63, 3.8) is 0 Å². The molecule has 3 aromatic rings. The number of anilines is 1. The molecule has 10 heteroatoms. The minimum atomic E-state index is -0.383. The summed E-state index contributed by atoms with van der Waals surface area (Å²) in [6.45, 7) is 3.05. The zero-order chi connectivity index (χ0) is 23.5. The molecule has 1 aromatic heterocycles. The molecule has 1 aliphatic heterocycles. The molecule has 2 aromatic carbocycles. The quantitative estimate of drug-likeness (QED) is 0.399. The number of nitrogens with zero attached hydrogens (tertiary/aromatic N) is 7. The number of nitro benzene ring substituents is 1. The molecule has 34 heavy (non-hydrogen) atoms. The lowest BCUT2D eigenvalue weighted by molar-refractivity contribution is -0.384. The molecule has 178 valence electrons. The molecule has 5 rings (SSSR count). The van der Waals surface area contributed by atoms with Gasteiger partial charge in [0.05, 0.1) is 17.0 Å². The Morgan fingerprint density at radius 2 is 1.62 bits per heavy atom. The molecule has 0 bridgehead atoms. The lowest BCUT2D eigenvalue weighted by Crippen LogP contribution is -2.48. The van der Waals surface area contributed by atoms with E-state index in [1.54, 1.807) is 24.3 Å². The van der Waals surface area contributed by atoms with Gasteiger partial charge in [0, 0.05) is 44.0 Å². The highest BCUT2D eigenvalue weighted by molar-refractivity contribution is 5.51. The van der Waals surface area contributed by atoms with Crippen molar-refractivity contribution in [2.24, 2.45) is 0 Å². The van der Waals surface area contributed by atoms with Crippen molar-refractivity contribution in [3.05, 3.63) is 75.9 Å². The molecule has 1 saturated heterocycles. The lowest BCUT2D eigenvalue weighted by Gasteiger charge is -2.40. The standard InChI is InChI=1S/C24H28FN7O2/c25-19-8-6-18(7-9-19)23(24-26-27-28-31(24)21-4-2-1-3-5-21)30-16-14-29(15-17-30)20-10-12-22(13-11-20)32(33)34/h6-13,21,23H,1-5,14-17H2/t23-/m0/s1. The molecule has 1 saturated carbocycles. The molecule has 0 N–H and O–H groups in total. The first-order chi connectivity index (χ1) is 16.6. The summed E-state index contributed by atoms with van der Waals surface area (Å²) in [5.74, 6) is 0.541. The van der Waals surface area contributed by atoms with Gasteiger partial charge in [0.2, 0.25) is 0 Å². The summed E-state index contributed by atoms with van der Waals surface area (Å²) in [4.78, 5) is 15.2. The fourth-order valence-corrected chi connectivity index (χ4v) is 5.16. The number of halogens is 1. The van der Waals surface area contributed by atoms with Crippen molar-refractivity contribution >= 4 is 11.4 Å². The Morgan fingerprint density at radius 1 is 0.941 bits per heavy atom. The van der Waals surface area contributed by atoms with Crippen LogP contribution in [0.25, 0.3) is 0 Å². The van der Waals surface area contributed by atoms with Gasteiger partial charge in [0.1, 0.15) is 5.82 Å². The average Bonchev–Trinajstić information content (AvgIpc) is 3.36. The second-order valence-electron chi connectivity index (χ2n) is 9.02. The largest absolute Gasteiger partial charge is 0.369 e. The van der Waals surface area contributed by atoms with Gasteiger partial charge in [0.25, 0.3) is 5.69 Å². The van der Waals surface area contributed by atoms with E-state index in [0.717, 1.165) is 56.1 Å². The van der Waals surface area contributed by atoms with Gasteiger partial charge in [-0.2, -0.15) is 0 Å². The Kier molecular flexibility index (Phi) is 6.48. The Morgan fingerprint density at radius 3 is 2.26 bits per heavy atom. The molecular formula is C24H28FN7O2. The summed E-state index contributed by atoms with van der Waals surface area (Å²) in [6.07, 6.45) is 5.75. The van der Waals surface area contributed by atoms with Crippen LogP contribution in [0.5, 0.6) is 0 Å². The summed E-state index contributed by atoms with van der Waals surface area (Å²) >= 11 is 0. The molecule has 0 unspecified atom stereocenters. The van der Waals surface area contributed by atoms with Crippen LogP contribution in [0.3, 0.4) is 0 Å². The van der Waals surface area contributed by atoms with E-state index in [2.05, 4.69) is 25.3 Å². The highest BCUT2D eigenvalue weighted by Crippen LogP contribution is 2.34. The van der Waals surface area contributed by atoms with Crippen LogP contribution in [0.1, 0.15) is 55.6 Å². The zero-order valence-corrected chi connectivity index (χ0v) is 19.0. The van der Waals surface area contributed by atoms with Crippen LogP contribution in [0.15, 0.2) is 48.5 Å². The Balaban J connectivity index is 1.38. The van der Waals surface area contributed by atoms with E-state index in [1.165, 1.54) is 31.4 Å². The molecule has 2 aliphatic rings. The van der Waals surface area contributed by atoms with Crippen LogP contribution in [-0.2, 0) is 0 Å². The van der Waals surface area contributed by atoms with E-state index in [9.17, 15) is 14.5 Å². The monoisotopic (exact) mass is 465 g/mol. The maximum Gasteiger partial charge on any atom is 0.269 e. The van der Waals surface area contributed by atoms with E-state index >= 15 is 0 Å². The second-order valence-corrected chi connectivity index (χ2v) is 9.02. The third-order valence-corrected chi connectivity index (χ3v) is 6.97. The number of tetrazole rings is 1. The first kappa shape index (κ1) is 22.4. The van der Waals surface area contributed by atoms with Gasteiger partial charge in [-0.15, -0.1) is 5.10 Å². The number of rotatable bonds is 6. The van der Waals surface area contributed by atoms with Gasteiger partial charge in [-0.1, -0.05) is 31.4 Å². The summed E-state index contributed by atoms with van der Waals surface area (Å²) in [6, 6.07) is 13.4. The average molecular weight is 466 g/mol. The normalized spacial score (nSPS) is 18.7. The fourth-order valence-electron chi connectivity index (χ4n) is 5.16. The summed E-state index contributed by atoms with van der Waals surface area (Å²) in [5.41, 5.74) is 2.03. The maximum absolute atomic E-state index is 13.7. The zero-order valence-electron chi connectivity index (χ0n) is 19.0. The van der Waals surface area contributed by atoms with Crippen molar-refractivity contribution in [1.29, 1.82) is 0 Å². The van der Waals surface area contributed by atoms with Crippen LogP contribution in [0.2, 0.25) is 0 Å². The lowest BCUT2D eigenvalue weighted by atomic mass is 9.95. The highest BCUT2D eigenvalue weighted by atomic mass is 19.1. The number of hydrogen-bond donors (Lipinski definition) is 0. The number of piperazine rings is 1. The predicted molar refractivity (Wildman–Crippen MR) is 125 cm³/mol. The van der Waals surface area contributed by atoms with Crippen LogP contribution >= 0.6 is 0 Å². The first-order valence-corrected chi connectivity index (χ1v) is 11.9. The number of aromatic nitrogens is 4. The van der Waals surface area contributed by atoms with Crippen molar-refractivity contribution in [3.8, 4) is 0 Å². The number of nitro groups is 1. The van der Waals surface area contributed by atoms with Crippen molar-refractivity contribution < 1.29 is 9.31 Å². The highest BCUT2D eigenvalue weighted by Gasteiger charge is 2.32. The Hall–Kier alpha value is -3.40. The van der Waals surface area contributed by atoms with E-state index in [0.29, 0.717) is 6.04 Å². The molecule has 0 spiro atoms. The third-order valence-electron chi connectivity index (χ3n) is 6.97. The van der Waals surface area contributed by atoms with E-state index in [4.69, 9.17) is 0 Å². The summed E-state index contributed by atoms with van der Waals surface area (Å²) in [7, 11) is 0. The second kappa shape index (κ2) is 9.84. The van der Waals surface area contributed by atoms with Crippen molar-refractivity contribution in [2.45, 2.75) is 44.2 Å². The van der Waals surface area contributed by atoms with Gasteiger partial charge in [0.15, 0.2) is 5.82 Å². The van der Waals surface area contributed by atoms with Crippen molar-refractivity contribution in [1.82, 2.24) is 25.1 Å². The first-order valence-electron chi connectivity index (χ1n) is 11.9. The van der Waals surface area contributed by atoms with E-state index in [1.807, 2.05) is 16.8 Å². The van der Waals surface area contributed by atoms with Gasteiger partial charge in [-0.25, -0.2) is 9.07 Å².